The van der Waals surface area contributed by atoms with Gasteiger partial charge in [0.25, 0.3) is 0 Å². The van der Waals surface area contributed by atoms with Crippen molar-refractivity contribution < 1.29 is 28.2 Å². The molecule has 1 fully saturated rings. The van der Waals surface area contributed by atoms with Crippen LogP contribution in [-0.4, -0.2) is 66.0 Å². The van der Waals surface area contributed by atoms with Crippen molar-refractivity contribution in [1.82, 2.24) is 9.21 Å². The van der Waals surface area contributed by atoms with Crippen molar-refractivity contribution in [1.29, 1.82) is 0 Å². The average molecular weight is 449 g/mol. The third-order valence-corrected chi connectivity index (χ3v) is 6.79. The molecule has 3 rings (SSSR count). The van der Waals surface area contributed by atoms with E-state index in [1.807, 2.05) is 30.3 Å². The second-order valence-electron chi connectivity index (χ2n) is 7.20. The van der Waals surface area contributed by atoms with Crippen LogP contribution in [0.25, 0.3) is 0 Å². The Balaban J connectivity index is 0.000000501. The molecule has 1 aliphatic rings. The molecule has 0 spiro atoms. The quantitative estimate of drug-likeness (QED) is 0.650. The van der Waals surface area contributed by atoms with E-state index >= 15 is 0 Å². The number of benzene rings is 2. The van der Waals surface area contributed by atoms with Crippen LogP contribution in [0.15, 0.2) is 54.6 Å². The number of aliphatic carboxylic acids is 2. The van der Waals surface area contributed by atoms with E-state index in [0.717, 1.165) is 31.6 Å². The van der Waals surface area contributed by atoms with Gasteiger partial charge in [-0.2, -0.15) is 4.31 Å². The molecule has 0 aliphatic carbocycles. The molecule has 2 aromatic carbocycles. The van der Waals surface area contributed by atoms with Crippen LogP contribution in [0.1, 0.15) is 23.6 Å². The Kier molecular flexibility index (Phi) is 9.17. The molecule has 0 aromatic heterocycles. The van der Waals surface area contributed by atoms with E-state index in [-0.39, 0.29) is 5.75 Å². The monoisotopic (exact) mass is 448 g/mol. The largest absolute Gasteiger partial charge is 0.473 e. The molecule has 2 N–H and O–H groups in total. The van der Waals surface area contributed by atoms with E-state index in [2.05, 4.69) is 36.1 Å². The highest BCUT2D eigenvalue weighted by Gasteiger charge is 2.27. The van der Waals surface area contributed by atoms with Crippen molar-refractivity contribution in [3.63, 3.8) is 0 Å². The van der Waals surface area contributed by atoms with Gasteiger partial charge in [-0.25, -0.2) is 18.0 Å². The third kappa shape index (κ3) is 8.12. The molecule has 0 unspecified atom stereocenters. The molecule has 8 nitrogen and oxygen atoms in total. The molecule has 168 valence electrons. The number of sulfonamides is 1. The van der Waals surface area contributed by atoms with Crippen LogP contribution in [0, 0.1) is 0 Å². The summed E-state index contributed by atoms with van der Waals surface area (Å²) in [5.74, 6) is -3.56. The van der Waals surface area contributed by atoms with Gasteiger partial charge in [-0.3, -0.25) is 4.90 Å². The summed E-state index contributed by atoms with van der Waals surface area (Å²) in [4.78, 5) is 20.5. The number of rotatable bonds is 6. The maximum absolute atomic E-state index is 12.6. The maximum atomic E-state index is 12.6. The van der Waals surface area contributed by atoms with Gasteiger partial charge >= 0.3 is 11.9 Å². The van der Waals surface area contributed by atoms with Gasteiger partial charge < -0.3 is 10.2 Å². The van der Waals surface area contributed by atoms with Crippen molar-refractivity contribution in [3.8, 4) is 0 Å². The van der Waals surface area contributed by atoms with Crippen LogP contribution in [0.5, 0.6) is 0 Å². The number of aryl methyl sites for hydroxylation is 1. The van der Waals surface area contributed by atoms with E-state index in [9.17, 15) is 8.42 Å². The Bertz CT molecular complexity index is 941. The summed E-state index contributed by atoms with van der Waals surface area (Å²) in [6.07, 6.45) is 1.05. The minimum absolute atomic E-state index is 0.0896. The van der Waals surface area contributed by atoms with Crippen molar-refractivity contribution in [2.45, 2.75) is 25.6 Å². The number of carboxylic acids is 2. The van der Waals surface area contributed by atoms with Crippen LogP contribution in [0.2, 0.25) is 0 Å². The van der Waals surface area contributed by atoms with Gasteiger partial charge in [-0.15, -0.1) is 0 Å². The molecule has 0 bridgehead atoms. The highest BCUT2D eigenvalue weighted by molar-refractivity contribution is 7.88. The normalized spacial score (nSPS) is 15.0. The summed E-state index contributed by atoms with van der Waals surface area (Å²) < 4.78 is 26.8. The van der Waals surface area contributed by atoms with Gasteiger partial charge in [0, 0.05) is 32.7 Å². The minimum Gasteiger partial charge on any atom is -0.473 e. The second-order valence-corrected chi connectivity index (χ2v) is 9.17. The lowest BCUT2D eigenvalue weighted by molar-refractivity contribution is -0.159. The lowest BCUT2D eigenvalue weighted by Gasteiger charge is -2.34. The van der Waals surface area contributed by atoms with Crippen molar-refractivity contribution in [2.75, 3.05) is 26.2 Å². The van der Waals surface area contributed by atoms with Gasteiger partial charge in [0.1, 0.15) is 0 Å². The Hall–Kier alpha value is -2.75. The van der Waals surface area contributed by atoms with Crippen molar-refractivity contribution in [2.24, 2.45) is 0 Å². The van der Waals surface area contributed by atoms with Crippen molar-refractivity contribution in [3.05, 3.63) is 71.3 Å². The van der Waals surface area contributed by atoms with E-state index in [1.165, 1.54) is 11.1 Å². The van der Waals surface area contributed by atoms with Crippen LogP contribution < -0.4 is 0 Å². The van der Waals surface area contributed by atoms with Gasteiger partial charge in [-0.1, -0.05) is 61.5 Å². The summed E-state index contributed by atoms with van der Waals surface area (Å²) in [6.45, 7) is 5.75. The van der Waals surface area contributed by atoms with Crippen molar-refractivity contribution >= 4 is 22.0 Å². The van der Waals surface area contributed by atoms with E-state index < -0.39 is 22.0 Å². The molecule has 0 amide bonds. The van der Waals surface area contributed by atoms with Crippen LogP contribution in [0.4, 0.5) is 0 Å². The van der Waals surface area contributed by atoms with E-state index in [4.69, 9.17) is 19.8 Å². The fourth-order valence-electron chi connectivity index (χ4n) is 3.18. The smallest absolute Gasteiger partial charge is 0.414 e. The maximum Gasteiger partial charge on any atom is 0.414 e. The Morgan fingerprint density at radius 3 is 1.81 bits per heavy atom. The number of carbonyl (C=O) groups is 2. The lowest BCUT2D eigenvalue weighted by atomic mass is 10.1. The molecular weight excluding hydrogens is 420 g/mol. The first-order valence-corrected chi connectivity index (χ1v) is 11.6. The second kappa shape index (κ2) is 11.6. The van der Waals surface area contributed by atoms with Crippen LogP contribution in [-0.2, 0) is 38.3 Å². The molecule has 1 saturated heterocycles. The zero-order valence-electron chi connectivity index (χ0n) is 17.5. The SMILES string of the molecule is CCc1ccc(CN2CCN(S(=O)(=O)Cc3ccccc3)CC2)cc1.O=C(O)C(=O)O. The number of piperazine rings is 1. The van der Waals surface area contributed by atoms with Crippen LogP contribution in [0.3, 0.4) is 0 Å². The first-order chi connectivity index (χ1) is 14.7. The third-order valence-electron chi connectivity index (χ3n) is 4.94. The van der Waals surface area contributed by atoms with Gasteiger partial charge in [-0.05, 0) is 23.1 Å². The summed E-state index contributed by atoms with van der Waals surface area (Å²) in [5, 5.41) is 14.8. The standard InChI is InChI=1S/C20H26N2O2S.C2H2O4/c1-2-18-8-10-19(11-9-18)16-21-12-14-22(15-13-21)25(23,24)17-20-6-4-3-5-7-20;3-1(4)2(5)6/h3-11H,2,12-17H2,1H3;(H,3,4)(H,5,6). The summed E-state index contributed by atoms with van der Waals surface area (Å²) in [5.41, 5.74) is 3.49. The topological polar surface area (TPSA) is 115 Å². The molecule has 9 heteroatoms. The van der Waals surface area contributed by atoms with Gasteiger partial charge in [0.05, 0.1) is 5.75 Å². The summed E-state index contributed by atoms with van der Waals surface area (Å²) >= 11 is 0. The lowest BCUT2D eigenvalue weighted by Crippen LogP contribution is -2.48. The number of hydrogen-bond donors (Lipinski definition) is 2. The number of hydrogen-bond acceptors (Lipinski definition) is 5. The molecule has 0 radical (unpaired) electrons. The molecule has 1 aliphatic heterocycles. The molecule has 1 heterocycles. The number of carboxylic acid groups (broad SMARTS) is 2. The summed E-state index contributed by atoms with van der Waals surface area (Å²) in [6, 6.07) is 18.1. The molecule has 31 heavy (non-hydrogen) atoms. The Labute approximate surface area is 182 Å². The van der Waals surface area contributed by atoms with Gasteiger partial charge in [0.15, 0.2) is 0 Å². The predicted octanol–water partition coefficient (Wildman–Crippen LogP) is 2.05. The fraction of sp³-hybridized carbons (Fsp3) is 0.364. The average Bonchev–Trinajstić information content (AvgIpc) is 2.75. The van der Waals surface area contributed by atoms with Gasteiger partial charge in [0.2, 0.25) is 10.0 Å². The van der Waals surface area contributed by atoms with E-state index in [1.54, 1.807) is 4.31 Å². The fourth-order valence-corrected chi connectivity index (χ4v) is 4.70. The minimum atomic E-state index is -3.24. The highest BCUT2D eigenvalue weighted by Crippen LogP contribution is 2.15. The molecular formula is C22H28N2O6S. The first-order valence-electron chi connectivity index (χ1n) is 9.99. The van der Waals surface area contributed by atoms with Crippen LogP contribution >= 0.6 is 0 Å². The van der Waals surface area contributed by atoms with E-state index in [0.29, 0.717) is 13.1 Å². The Morgan fingerprint density at radius 1 is 0.806 bits per heavy atom. The zero-order valence-corrected chi connectivity index (χ0v) is 18.3. The Morgan fingerprint density at radius 2 is 1.32 bits per heavy atom. The molecule has 0 atom stereocenters. The highest BCUT2D eigenvalue weighted by atomic mass is 32.2. The molecule has 2 aromatic rings. The number of nitrogens with zero attached hydrogens (tertiary/aromatic N) is 2. The zero-order chi connectivity index (χ0) is 22.9. The first kappa shape index (κ1) is 24.5. The summed E-state index contributed by atoms with van der Waals surface area (Å²) in [7, 11) is -3.24. The predicted molar refractivity (Wildman–Crippen MR) is 117 cm³/mol. The molecule has 0 saturated carbocycles.